The fourth-order valence-corrected chi connectivity index (χ4v) is 2.84. The van der Waals surface area contributed by atoms with Gasteiger partial charge < -0.3 is 20.5 Å². The first-order valence-electron chi connectivity index (χ1n) is 9.20. The third-order valence-electron chi connectivity index (χ3n) is 3.94. The van der Waals surface area contributed by atoms with Crippen LogP contribution in [-0.4, -0.2) is 64.7 Å². The highest BCUT2D eigenvalue weighted by atomic mass is 16.6. The minimum absolute atomic E-state index is 0.108. The Labute approximate surface area is 159 Å². The molecule has 0 aromatic carbocycles. The number of hydrogen-bond acceptors (Lipinski definition) is 5. The highest BCUT2D eigenvalue weighted by Crippen LogP contribution is 2.21. The number of rotatable bonds is 7. The van der Waals surface area contributed by atoms with Gasteiger partial charge in [0.1, 0.15) is 24.2 Å². The summed E-state index contributed by atoms with van der Waals surface area (Å²) in [5, 5.41) is 13.7. The van der Waals surface area contributed by atoms with Crippen LogP contribution in [0, 0.1) is 5.92 Å². The summed E-state index contributed by atoms with van der Waals surface area (Å²) in [5.41, 5.74) is -0.669. The summed E-state index contributed by atoms with van der Waals surface area (Å²) in [4.78, 5) is 49.3. The molecule has 27 heavy (non-hydrogen) atoms. The number of carbonyl (C=O) groups excluding carboxylic acids is 3. The molecular weight excluding hydrogens is 354 g/mol. The van der Waals surface area contributed by atoms with E-state index in [1.165, 1.54) is 4.90 Å². The van der Waals surface area contributed by atoms with Crippen molar-refractivity contribution >= 4 is 23.9 Å². The van der Waals surface area contributed by atoms with Gasteiger partial charge in [0.05, 0.1) is 0 Å². The molecule has 0 aromatic heterocycles. The number of likely N-dealkylation sites (tertiary alicyclic amines) is 1. The Morgan fingerprint density at radius 2 is 1.85 bits per heavy atom. The lowest BCUT2D eigenvalue weighted by Gasteiger charge is -2.29. The van der Waals surface area contributed by atoms with Crippen LogP contribution in [0.5, 0.6) is 0 Å². The molecule has 1 rings (SSSR count). The van der Waals surface area contributed by atoms with Crippen LogP contribution in [-0.2, 0) is 19.1 Å². The van der Waals surface area contributed by atoms with Crippen molar-refractivity contribution in [2.75, 3.05) is 13.1 Å². The molecule has 2 unspecified atom stereocenters. The molecule has 2 atom stereocenters. The van der Waals surface area contributed by atoms with Crippen LogP contribution in [0.4, 0.5) is 4.79 Å². The van der Waals surface area contributed by atoms with E-state index >= 15 is 0 Å². The van der Waals surface area contributed by atoms with E-state index in [1.807, 2.05) is 13.8 Å². The summed E-state index contributed by atoms with van der Waals surface area (Å²) in [6.45, 7) is 8.94. The van der Waals surface area contributed by atoms with Gasteiger partial charge in [-0.3, -0.25) is 19.3 Å². The van der Waals surface area contributed by atoms with Crippen molar-refractivity contribution in [3.63, 3.8) is 0 Å². The van der Waals surface area contributed by atoms with E-state index in [0.717, 1.165) is 0 Å². The van der Waals surface area contributed by atoms with E-state index in [2.05, 4.69) is 10.6 Å². The number of amides is 3. The summed E-state index contributed by atoms with van der Waals surface area (Å²) >= 11 is 0. The van der Waals surface area contributed by atoms with E-state index in [4.69, 9.17) is 9.84 Å². The predicted octanol–water partition coefficient (Wildman–Crippen LogP) is 1.12. The number of carbonyl (C=O) groups is 4. The molecule has 1 heterocycles. The van der Waals surface area contributed by atoms with Crippen LogP contribution in [0.3, 0.4) is 0 Å². The van der Waals surface area contributed by atoms with Crippen LogP contribution in [0.25, 0.3) is 0 Å². The topological polar surface area (TPSA) is 125 Å². The molecule has 1 aliphatic heterocycles. The first-order valence-corrected chi connectivity index (χ1v) is 9.20. The molecule has 0 spiro atoms. The average Bonchev–Trinajstić information content (AvgIpc) is 2.99. The van der Waals surface area contributed by atoms with Gasteiger partial charge in [0.25, 0.3) is 0 Å². The molecule has 1 saturated heterocycles. The molecule has 3 N–H and O–H groups in total. The first-order chi connectivity index (χ1) is 12.4. The van der Waals surface area contributed by atoms with Crippen LogP contribution >= 0.6 is 0 Å². The lowest BCUT2D eigenvalue weighted by molar-refractivity contribution is -0.138. The van der Waals surface area contributed by atoms with Gasteiger partial charge in [-0.2, -0.15) is 0 Å². The van der Waals surface area contributed by atoms with Crippen LogP contribution in [0.15, 0.2) is 0 Å². The third kappa shape index (κ3) is 7.84. The van der Waals surface area contributed by atoms with E-state index < -0.39 is 48.1 Å². The number of nitrogens with one attached hydrogen (secondary N) is 2. The van der Waals surface area contributed by atoms with Crippen molar-refractivity contribution in [1.82, 2.24) is 15.5 Å². The number of carboxylic acids is 1. The van der Waals surface area contributed by atoms with E-state index in [0.29, 0.717) is 25.8 Å². The molecule has 0 bridgehead atoms. The quantitative estimate of drug-likeness (QED) is 0.603. The highest BCUT2D eigenvalue weighted by Gasteiger charge is 2.38. The Kier molecular flexibility index (Phi) is 8.05. The molecule has 0 aliphatic carbocycles. The van der Waals surface area contributed by atoms with Crippen LogP contribution in [0.2, 0.25) is 0 Å². The summed E-state index contributed by atoms with van der Waals surface area (Å²) < 4.78 is 5.35. The second-order valence-electron chi connectivity index (χ2n) is 8.13. The minimum atomic E-state index is -1.16. The van der Waals surface area contributed by atoms with Gasteiger partial charge in [0, 0.05) is 6.54 Å². The second-order valence-corrected chi connectivity index (χ2v) is 8.13. The van der Waals surface area contributed by atoms with Gasteiger partial charge in [-0.1, -0.05) is 13.8 Å². The second kappa shape index (κ2) is 9.57. The lowest BCUT2D eigenvalue weighted by Crippen LogP contribution is -2.54. The maximum absolute atomic E-state index is 12.7. The molecule has 3 amide bonds. The SMILES string of the molecule is CC(C)CC(NC(=O)C1CCCN1C(=O)OC(C)(C)C)C(=O)NCC(=O)O. The highest BCUT2D eigenvalue weighted by molar-refractivity contribution is 5.92. The number of carboxylic acid groups (broad SMARTS) is 1. The Bertz CT molecular complexity index is 570. The largest absolute Gasteiger partial charge is 0.480 e. The molecular formula is C18H31N3O6. The van der Waals surface area contributed by atoms with E-state index in [-0.39, 0.29) is 5.92 Å². The first kappa shape index (κ1) is 22.7. The molecule has 1 aliphatic rings. The summed E-state index contributed by atoms with van der Waals surface area (Å²) in [7, 11) is 0. The number of aliphatic carboxylic acids is 1. The van der Waals surface area contributed by atoms with Crippen LogP contribution < -0.4 is 10.6 Å². The van der Waals surface area contributed by atoms with Gasteiger partial charge in [-0.15, -0.1) is 0 Å². The van der Waals surface area contributed by atoms with Gasteiger partial charge in [0.2, 0.25) is 11.8 Å². The lowest BCUT2D eigenvalue weighted by atomic mass is 10.0. The Balaban J connectivity index is 2.79. The molecule has 9 nitrogen and oxygen atoms in total. The molecule has 0 aromatic rings. The fraction of sp³-hybridized carbons (Fsp3) is 0.778. The smallest absolute Gasteiger partial charge is 0.410 e. The molecule has 9 heteroatoms. The number of ether oxygens (including phenoxy) is 1. The summed E-state index contributed by atoms with van der Waals surface area (Å²) in [6.07, 6.45) is 0.945. The van der Waals surface area contributed by atoms with Crippen molar-refractivity contribution in [3.05, 3.63) is 0 Å². The molecule has 0 radical (unpaired) electrons. The van der Waals surface area contributed by atoms with Crippen molar-refractivity contribution in [3.8, 4) is 0 Å². The maximum Gasteiger partial charge on any atom is 0.410 e. The fourth-order valence-electron chi connectivity index (χ4n) is 2.84. The number of nitrogens with zero attached hydrogens (tertiary/aromatic N) is 1. The van der Waals surface area contributed by atoms with E-state index in [9.17, 15) is 19.2 Å². The van der Waals surface area contributed by atoms with Gasteiger partial charge >= 0.3 is 12.1 Å². The Morgan fingerprint density at radius 3 is 2.37 bits per heavy atom. The van der Waals surface area contributed by atoms with Crippen molar-refractivity contribution in [1.29, 1.82) is 0 Å². The van der Waals surface area contributed by atoms with Gasteiger partial charge in [-0.25, -0.2) is 4.79 Å². The summed E-state index contributed by atoms with van der Waals surface area (Å²) in [6, 6.07) is -1.57. The zero-order valence-corrected chi connectivity index (χ0v) is 16.7. The molecule has 1 fully saturated rings. The van der Waals surface area contributed by atoms with Crippen molar-refractivity contribution < 1.29 is 29.0 Å². The normalized spacial score (nSPS) is 18.1. The van der Waals surface area contributed by atoms with Gasteiger partial charge in [0.15, 0.2) is 0 Å². The van der Waals surface area contributed by atoms with Crippen molar-refractivity contribution in [2.24, 2.45) is 5.92 Å². The molecule has 0 saturated carbocycles. The Morgan fingerprint density at radius 1 is 1.22 bits per heavy atom. The Hall–Kier alpha value is -2.32. The predicted molar refractivity (Wildman–Crippen MR) is 98.0 cm³/mol. The zero-order valence-electron chi connectivity index (χ0n) is 16.7. The third-order valence-corrected chi connectivity index (χ3v) is 3.94. The zero-order chi connectivity index (χ0) is 20.8. The summed E-state index contributed by atoms with van der Waals surface area (Å²) in [5.74, 6) is -2.04. The average molecular weight is 385 g/mol. The molecule has 154 valence electrons. The maximum atomic E-state index is 12.7. The standard InChI is InChI=1S/C18H31N3O6/c1-11(2)9-12(15(24)19-10-14(22)23)20-16(25)13-7-6-8-21(13)17(26)27-18(3,4)5/h11-13H,6-10H2,1-5H3,(H,19,24)(H,20,25)(H,22,23). The number of hydrogen-bond donors (Lipinski definition) is 3. The van der Waals surface area contributed by atoms with Crippen molar-refractivity contribution in [2.45, 2.75) is 71.6 Å². The monoisotopic (exact) mass is 385 g/mol. The van der Waals surface area contributed by atoms with Crippen LogP contribution in [0.1, 0.15) is 53.9 Å². The minimum Gasteiger partial charge on any atom is -0.480 e. The van der Waals surface area contributed by atoms with E-state index in [1.54, 1.807) is 20.8 Å². The van der Waals surface area contributed by atoms with Gasteiger partial charge in [-0.05, 0) is 46.0 Å².